The molecule has 4 saturated carbocycles. The lowest BCUT2D eigenvalue weighted by atomic mass is 9.80. The van der Waals surface area contributed by atoms with Crippen LogP contribution in [-0.4, -0.2) is 22.2 Å². The van der Waals surface area contributed by atoms with E-state index in [1.807, 2.05) is 6.07 Å². The fourth-order valence-electron chi connectivity index (χ4n) is 6.36. The summed E-state index contributed by atoms with van der Waals surface area (Å²) >= 11 is 7.92. The summed E-state index contributed by atoms with van der Waals surface area (Å²) in [6, 6.07) is 3.98. The monoisotopic (exact) mass is 404 g/mol. The van der Waals surface area contributed by atoms with Gasteiger partial charge in [-0.05, 0) is 87.2 Å². The minimum Gasteiger partial charge on any atom is -0.349 e. The number of halogens is 1. The van der Waals surface area contributed by atoms with Crippen molar-refractivity contribution in [3.8, 4) is 0 Å². The third-order valence-electron chi connectivity index (χ3n) is 7.52. The van der Waals surface area contributed by atoms with Crippen molar-refractivity contribution in [2.45, 2.75) is 80.5 Å². The van der Waals surface area contributed by atoms with E-state index in [4.69, 9.17) is 11.6 Å². The lowest BCUT2D eigenvalue weighted by Crippen LogP contribution is -2.41. The summed E-state index contributed by atoms with van der Waals surface area (Å²) in [4.78, 5) is 17.7. The van der Waals surface area contributed by atoms with Crippen molar-refractivity contribution in [2.75, 3.05) is 0 Å². The number of hydrogen-bond donors (Lipinski definition) is 1. The molecule has 4 aliphatic rings. The first kappa shape index (κ1) is 18.3. The number of aromatic nitrogens is 1. The summed E-state index contributed by atoms with van der Waals surface area (Å²) in [7, 11) is 0. The zero-order valence-corrected chi connectivity index (χ0v) is 17.4. The smallest absolute Gasteiger partial charge is 0.254 e. The van der Waals surface area contributed by atoms with Crippen molar-refractivity contribution in [2.24, 2.45) is 23.7 Å². The van der Waals surface area contributed by atoms with Gasteiger partial charge in [0.25, 0.3) is 5.91 Å². The van der Waals surface area contributed by atoms with Crippen LogP contribution in [0.1, 0.15) is 74.6 Å². The minimum absolute atomic E-state index is 0.0610. The average Bonchev–Trinajstić information content (AvgIpc) is 3.23. The van der Waals surface area contributed by atoms with Crippen LogP contribution in [0.5, 0.6) is 0 Å². The number of amides is 1. The molecule has 3 nitrogen and oxygen atoms in total. The molecular formula is C22H29ClN2OS. The molecule has 5 rings (SSSR count). The number of fused-ring (bicyclic) bond motifs is 2. The van der Waals surface area contributed by atoms with Gasteiger partial charge in [0.05, 0.1) is 5.56 Å². The highest BCUT2D eigenvalue weighted by atomic mass is 35.5. The number of carbonyl (C=O) groups is 1. The molecule has 3 bridgehead atoms. The van der Waals surface area contributed by atoms with Crippen molar-refractivity contribution in [1.29, 1.82) is 0 Å². The molecule has 0 aromatic carbocycles. The highest BCUT2D eigenvalue weighted by Crippen LogP contribution is 2.53. The van der Waals surface area contributed by atoms with Gasteiger partial charge in [-0.1, -0.05) is 24.4 Å². The number of nitrogens with one attached hydrogen (secondary N) is 1. The van der Waals surface area contributed by atoms with Crippen LogP contribution in [0.4, 0.5) is 0 Å². The fraction of sp³-hybridized carbons (Fsp3) is 0.727. The molecule has 5 unspecified atom stereocenters. The predicted octanol–water partition coefficient (Wildman–Crippen LogP) is 5.71. The molecular weight excluding hydrogens is 376 g/mol. The van der Waals surface area contributed by atoms with Gasteiger partial charge in [0.1, 0.15) is 10.2 Å². The molecule has 5 heteroatoms. The Hall–Kier alpha value is -0.740. The van der Waals surface area contributed by atoms with Gasteiger partial charge < -0.3 is 5.32 Å². The maximum atomic E-state index is 13.2. The van der Waals surface area contributed by atoms with Gasteiger partial charge in [0, 0.05) is 11.3 Å². The van der Waals surface area contributed by atoms with Gasteiger partial charge in [0.15, 0.2) is 0 Å². The lowest BCUT2D eigenvalue weighted by molar-refractivity contribution is 0.0909. The standard InChI is InChI=1S/C22H29ClN2OS/c23-20-8-6-17(22(25-20)27-16-3-1-2-4-16)21(26)24-19-7-5-13-9-14-11-15(10-13)18(19)12-14/h6,8,13-16,18-19H,1-5,7,9-12H2,(H,24,26). The van der Waals surface area contributed by atoms with E-state index in [1.165, 1.54) is 57.8 Å². The first-order valence-electron chi connectivity index (χ1n) is 10.8. The highest BCUT2D eigenvalue weighted by Gasteiger charge is 2.46. The second-order valence-corrected chi connectivity index (χ2v) is 10.9. The normalized spacial score (nSPS) is 35.4. The van der Waals surface area contributed by atoms with Crippen molar-refractivity contribution < 1.29 is 4.79 Å². The molecule has 4 aliphatic carbocycles. The predicted molar refractivity (Wildman–Crippen MR) is 110 cm³/mol. The third kappa shape index (κ3) is 3.76. The van der Waals surface area contributed by atoms with E-state index in [-0.39, 0.29) is 5.91 Å². The molecule has 1 amide bonds. The second-order valence-electron chi connectivity index (χ2n) is 9.27. The Bertz CT molecular complexity index is 720. The molecule has 5 atom stereocenters. The molecule has 1 aromatic heterocycles. The van der Waals surface area contributed by atoms with Crippen LogP contribution < -0.4 is 5.32 Å². The SMILES string of the molecule is O=C(NC1CCC2CC3CC(C2)C1C3)c1ccc(Cl)nc1SC1CCCC1. The summed E-state index contributed by atoms with van der Waals surface area (Å²) in [5.74, 6) is 3.43. The highest BCUT2D eigenvalue weighted by molar-refractivity contribution is 7.99. The van der Waals surface area contributed by atoms with E-state index in [0.717, 1.165) is 34.8 Å². The fourth-order valence-corrected chi connectivity index (χ4v) is 7.88. The van der Waals surface area contributed by atoms with Crippen molar-refractivity contribution in [3.05, 3.63) is 22.8 Å². The Morgan fingerprint density at radius 1 is 1.04 bits per heavy atom. The molecule has 1 N–H and O–H groups in total. The van der Waals surface area contributed by atoms with Gasteiger partial charge in [-0.2, -0.15) is 0 Å². The number of pyridine rings is 1. The maximum Gasteiger partial charge on any atom is 0.254 e. The summed E-state index contributed by atoms with van der Waals surface area (Å²) in [5.41, 5.74) is 0.722. The van der Waals surface area contributed by atoms with Gasteiger partial charge in [0.2, 0.25) is 0 Å². The zero-order chi connectivity index (χ0) is 18.4. The maximum absolute atomic E-state index is 13.2. The van der Waals surface area contributed by atoms with Crippen molar-refractivity contribution in [1.82, 2.24) is 10.3 Å². The van der Waals surface area contributed by atoms with Crippen molar-refractivity contribution in [3.63, 3.8) is 0 Å². The van der Waals surface area contributed by atoms with Gasteiger partial charge >= 0.3 is 0 Å². The van der Waals surface area contributed by atoms with Gasteiger partial charge in [-0.15, -0.1) is 11.8 Å². The Kier molecular flexibility index (Phi) is 5.14. The number of thioether (sulfide) groups is 1. The molecule has 0 saturated heterocycles. The van der Waals surface area contributed by atoms with Crippen LogP contribution in [0.2, 0.25) is 5.15 Å². The Balaban J connectivity index is 1.33. The number of rotatable bonds is 4. The van der Waals surface area contributed by atoms with Crippen LogP contribution >= 0.6 is 23.4 Å². The number of nitrogens with zero attached hydrogens (tertiary/aromatic N) is 1. The Morgan fingerprint density at radius 3 is 2.70 bits per heavy atom. The first-order chi connectivity index (χ1) is 13.2. The lowest BCUT2D eigenvalue weighted by Gasteiger charge is -2.27. The summed E-state index contributed by atoms with van der Waals surface area (Å²) in [6.07, 6.45) is 13.0. The largest absolute Gasteiger partial charge is 0.349 e. The van der Waals surface area contributed by atoms with E-state index < -0.39 is 0 Å². The summed E-state index contributed by atoms with van der Waals surface area (Å²) in [6.45, 7) is 0. The van der Waals surface area contributed by atoms with E-state index >= 15 is 0 Å². The zero-order valence-electron chi connectivity index (χ0n) is 15.8. The minimum atomic E-state index is 0.0610. The van der Waals surface area contributed by atoms with Crippen LogP contribution in [0, 0.1) is 23.7 Å². The third-order valence-corrected chi connectivity index (χ3v) is 9.07. The van der Waals surface area contributed by atoms with Gasteiger partial charge in [-0.3, -0.25) is 4.79 Å². The van der Waals surface area contributed by atoms with E-state index in [9.17, 15) is 4.79 Å². The van der Waals surface area contributed by atoms with E-state index in [1.54, 1.807) is 17.8 Å². The molecule has 0 spiro atoms. The second kappa shape index (κ2) is 7.59. The van der Waals surface area contributed by atoms with Crippen molar-refractivity contribution >= 4 is 29.3 Å². The number of hydrogen-bond acceptors (Lipinski definition) is 3. The van der Waals surface area contributed by atoms with E-state index in [2.05, 4.69) is 10.3 Å². The summed E-state index contributed by atoms with van der Waals surface area (Å²) < 4.78 is 0. The molecule has 4 fully saturated rings. The van der Waals surface area contributed by atoms with Gasteiger partial charge in [-0.25, -0.2) is 4.98 Å². The van der Waals surface area contributed by atoms with E-state index in [0.29, 0.717) is 22.4 Å². The topological polar surface area (TPSA) is 42.0 Å². The quantitative estimate of drug-likeness (QED) is 0.653. The molecule has 1 heterocycles. The first-order valence-corrected chi connectivity index (χ1v) is 12.1. The average molecular weight is 405 g/mol. The molecule has 0 radical (unpaired) electrons. The number of carbonyl (C=O) groups excluding carboxylic acids is 1. The van der Waals surface area contributed by atoms with Crippen LogP contribution in [0.15, 0.2) is 17.2 Å². The van der Waals surface area contributed by atoms with Crippen LogP contribution in [0.3, 0.4) is 0 Å². The molecule has 0 aliphatic heterocycles. The Labute approximate surface area is 171 Å². The van der Waals surface area contributed by atoms with Crippen LogP contribution in [0.25, 0.3) is 0 Å². The molecule has 27 heavy (non-hydrogen) atoms. The Morgan fingerprint density at radius 2 is 1.85 bits per heavy atom. The van der Waals surface area contributed by atoms with Crippen LogP contribution in [-0.2, 0) is 0 Å². The molecule has 146 valence electrons. The molecule has 1 aromatic rings. The summed E-state index contributed by atoms with van der Waals surface area (Å²) in [5, 5.41) is 5.32.